The maximum atomic E-state index is 13.2. The van der Waals surface area contributed by atoms with Gasteiger partial charge in [-0.3, -0.25) is 0 Å². The largest absolute Gasteiger partial charge is 0.507 e. The van der Waals surface area contributed by atoms with Crippen LogP contribution in [-0.4, -0.2) is 5.11 Å². The van der Waals surface area contributed by atoms with Crippen molar-refractivity contribution < 1.29 is 31.4 Å². The lowest BCUT2D eigenvalue weighted by Gasteiger charge is -2.19. The molecule has 0 bridgehead atoms. The number of phenols is 1. The highest BCUT2D eigenvalue weighted by atomic mass is 79.9. The first-order valence-corrected chi connectivity index (χ1v) is 6.57. The Morgan fingerprint density at radius 1 is 0.818 bits per heavy atom. The van der Waals surface area contributed by atoms with Crippen molar-refractivity contribution in [1.82, 2.24) is 0 Å². The molecule has 0 aromatic heterocycles. The Balaban J connectivity index is 2.85. The second-order valence-corrected chi connectivity index (χ2v) is 5.30. The number of rotatable bonds is 1. The molecule has 0 unspecified atom stereocenters. The first kappa shape index (κ1) is 16.7. The first-order chi connectivity index (χ1) is 10.0. The predicted molar refractivity (Wildman–Crippen MR) is 71.2 cm³/mol. The molecule has 8 heteroatoms. The maximum Gasteiger partial charge on any atom is 0.417 e. The SMILES string of the molecule is Oc1ccc(Br)cc1-c1cccc(C(F)(F)F)c1C(F)(F)F. The predicted octanol–water partition coefficient (Wildman–Crippen LogP) is 5.86. The first-order valence-electron chi connectivity index (χ1n) is 5.78. The number of aromatic hydroxyl groups is 1. The molecule has 2 aromatic rings. The smallest absolute Gasteiger partial charge is 0.417 e. The van der Waals surface area contributed by atoms with Crippen molar-refractivity contribution in [2.24, 2.45) is 0 Å². The van der Waals surface area contributed by atoms with E-state index in [0.29, 0.717) is 10.5 Å². The van der Waals surface area contributed by atoms with Gasteiger partial charge in [0, 0.05) is 10.0 Å². The fourth-order valence-electron chi connectivity index (χ4n) is 2.04. The van der Waals surface area contributed by atoms with Gasteiger partial charge < -0.3 is 5.11 Å². The third-order valence-electron chi connectivity index (χ3n) is 2.90. The average molecular weight is 385 g/mol. The van der Waals surface area contributed by atoms with E-state index < -0.39 is 34.8 Å². The number of hydrogen-bond donors (Lipinski definition) is 1. The van der Waals surface area contributed by atoms with Gasteiger partial charge in [-0.25, -0.2) is 0 Å². The lowest BCUT2D eigenvalue weighted by Crippen LogP contribution is -2.17. The van der Waals surface area contributed by atoms with Crippen molar-refractivity contribution in [3.8, 4) is 16.9 Å². The van der Waals surface area contributed by atoms with Crippen LogP contribution < -0.4 is 0 Å². The van der Waals surface area contributed by atoms with Gasteiger partial charge in [-0.15, -0.1) is 0 Å². The van der Waals surface area contributed by atoms with Crippen molar-refractivity contribution in [3.63, 3.8) is 0 Å². The van der Waals surface area contributed by atoms with Crippen LogP contribution in [0.25, 0.3) is 11.1 Å². The van der Waals surface area contributed by atoms with Crippen molar-refractivity contribution in [1.29, 1.82) is 0 Å². The fourth-order valence-corrected chi connectivity index (χ4v) is 2.40. The van der Waals surface area contributed by atoms with Crippen molar-refractivity contribution in [2.75, 3.05) is 0 Å². The Hall–Kier alpha value is -1.70. The van der Waals surface area contributed by atoms with E-state index in [1.165, 1.54) is 6.07 Å². The molecule has 0 atom stereocenters. The van der Waals surface area contributed by atoms with Gasteiger partial charge in [0.15, 0.2) is 0 Å². The third kappa shape index (κ3) is 3.21. The highest BCUT2D eigenvalue weighted by Gasteiger charge is 2.45. The van der Waals surface area contributed by atoms with Crippen LogP contribution in [0, 0.1) is 0 Å². The summed E-state index contributed by atoms with van der Waals surface area (Å²) in [6.45, 7) is 0. The van der Waals surface area contributed by atoms with Gasteiger partial charge in [0.2, 0.25) is 0 Å². The van der Waals surface area contributed by atoms with Crippen LogP contribution in [-0.2, 0) is 12.4 Å². The van der Waals surface area contributed by atoms with Crippen LogP contribution in [0.1, 0.15) is 11.1 Å². The van der Waals surface area contributed by atoms with Crippen LogP contribution in [0.4, 0.5) is 26.3 Å². The molecule has 22 heavy (non-hydrogen) atoms. The summed E-state index contributed by atoms with van der Waals surface area (Å²) in [5.41, 5.74) is -4.69. The standard InChI is InChI=1S/C14H7BrF6O/c15-7-4-5-11(22)9(6-7)8-2-1-3-10(13(16,17)18)12(8)14(19,20)21/h1-6,22H. The van der Waals surface area contributed by atoms with Crippen molar-refractivity contribution in [3.05, 3.63) is 52.0 Å². The monoisotopic (exact) mass is 384 g/mol. The highest BCUT2D eigenvalue weighted by Crippen LogP contribution is 2.46. The van der Waals surface area contributed by atoms with E-state index >= 15 is 0 Å². The number of halogens is 7. The van der Waals surface area contributed by atoms with Gasteiger partial charge in [-0.1, -0.05) is 28.1 Å². The Labute approximate surface area is 129 Å². The van der Waals surface area contributed by atoms with Gasteiger partial charge in [-0.05, 0) is 29.8 Å². The second kappa shape index (κ2) is 5.49. The topological polar surface area (TPSA) is 20.2 Å². The molecule has 0 fully saturated rings. The molecule has 0 aliphatic heterocycles. The Kier molecular flexibility index (Phi) is 4.16. The zero-order valence-corrected chi connectivity index (χ0v) is 12.1. The molecular formula is C14H7BrF6O. The van der Waals surface area contributed by atoms with E-state index in [1.807, 2.05) is 0 Å². The summed E-state index contributed by atoms with van der Waals surface area (Å²) < 4.78 is 78.5. The van der Waals surface area contributed by atoms with Crippen LogP contribution in [0.2, 0.25) is 0 Å². The quantitative estimate of drug-likeness (QED) is 0.610. The van der Waals surface area contributed by atoms with Crippen molar-refractivity contribution >= 4 is 15.9 Å². The van der Waals surface area contributed by atoms with E-state index in [4.69, 9.17) is 0 Å². The Morgan fingerprint density at radius 2 is 1.45 bits per heavy atom. The van der Waals surface area contributed by atoms with E-state index in [-0.39, 0.29) is 5.56 Å². The van der Waals surface area contributed by atoms with Crippen molar-refractivity contribution in [2.45, 2.75) is 12.4 Å². The zero-order chi connectivity index (χ0) is 16.7. The highest BCUT2D eigenvalue weighted by molar-refractivity contribution is 9.10. The minimum absolute atomic E-state index is 0.325. The Morgan fingerprint density at radius 3 is 2.00 bits per heavy atom. The molecule has 0 heterocycles. The van der Waals surface area contributed by atoms with Gasteiger partial charge in [0.1, 0.15) is 5.75 Å². The molecule has 0 saturated heterocycles. The van der Waals surface area contributed by atoms with E-state index in [9.17, 15) is 31.4 Å². The summed E-state index contributed by atoms with van der Waals surface area (Å²) >= 11 is 3.01. The molecule has 0 radical (unpaired) electrons. The molecule has 0 amide bonds. The summed E-state index contributed by atoms with van der Waals surface area (Å²) in [4.78, 5) is 0. The summed E-state index contributed by atoms with van der Waals surface area (Å²) in [6, 6.07) is 5.70. The number of benzene rings is 2. The Bertz CT molecular complexity index is 705. The molecule has 0 spiro atoms. The van der Waals surface area contributed by atoms with Gasteiger partial charge in [-0.2, -0.15) is 26.3 Å². The van der Waals surface area contributed by atoms with E-state index in [2.05, 4.69) is 15.9 Å². The maximum absolute atomic E-state index is 13.2. The number of alkyl halides is 6. The minimum atomic E-state index is -5.23. The molecule has 2 aromatic carbocycles. The molecule has 1 nitrogen and oxygen atoms in total. The van der Waals surface area contributed by atoms with E-state index in [0.717, 1.165) is 24.3 Å². The van der Waals surface area contributed by atoms with Crippen LogP contribution >= 0.6 is 15.9 Å². The zero-order valence-electron chi connectivity index (χ0n) is 10.6. The minimum Gasteiger partial charge on any atom is -0.507 e. The summed E-state index contributed by atoms with van der Waals surface area (Å²) in [5.74, 6) is -0.548. The molecule has 2 rings (SSSR count). The molecule has 118 valence electrons. The summed E-state index contributed by atoms with van der Waals surface area (Å²) in [5, 5.41) is 9.70. The van der Waals surface area contributed by atoms with Gasteiger partial charge >= 0.3 is 12.4 Å². The number of phenolic OH excluding ortho intramolecular Hbond substituents is 1. The molecule has 0 aliphatic carbocycles. The van der Waals surface area contributed by atoms with Crippen LogP contribution in [0.15, 0.2) is 40.9 Å². The van der Waals surface area contributed by atoms with E-state index in [1.54, 1.807) is 0 Å². The molecule has 1 N–H and O–H groups in total. The third-order valence-corrected chi connectivity index (χ3v) is 3.40. The average Bonchev–Trinajstić information content (AvgIpc) is 2.38. The van der Waals surface area contributed by atoms with Crippen LogP contribution in [0.3, 0.4) is 0 Å². The number of hydrogen-bond acceptors (Lipinski definition) is 1. The molecule has 0 saturated carbocycles. The van der Waals surface area contributed by atoms with Crippen LogP contribution in [0.5, 0.6) is 5.75 Å². The summed E-state index contributed by atoms with van der Waals surface area (Å²) in [6.07, 6.45) is -10.4. The summed E-state index contributed by atoms with van der Waals surface area (Å²) in [7, 11) is 0. The second-order valence-electron chi connectivity index (χ2n) is 4.39. The lowest BCUT2D eigenvalue weighted by molar-refractivity contribution is -0.161. The van der Waals surface area contributed by atoms with Gasteiger partial charge in [0.05, 0.1) is 11.1 Å². The lowest BCUT2D eigenvalue weighted by atomic mass is 9.94. The normalized spacial score (nSPS) is 12.5. The molecular weight excluding hydrogens is 378 g/mol. The molecule has 0 aliphatic rings. The van der Waals surface area contributed by atoms with Gasteiger partial charge in [0.25, 0.3) is 0 Å². The fraction of sp³-hybridized carbons (Fsp3) is 0.143.